The molecule has 24 heavy (non-hydrogen) atoms. The van der Waals surface area contributed by atoms with Crippen molar-refractivity contribution < 1.29 is 9.59 Å². The fourth-order valence-electron chi connectivity index (χ4n) is 2.16. The Hall–Kier alpha value is -2.82. The average molecular weight is 325 g/mol. The van der Waals surface area contributed by atoms with Gasteiger partial charge in [-0.2, -0.15) is 0 Å². The minimum atomic E-state index is -0.115. The Morgan fingerprint density at radius 2 is 1.33 bits per heavy atom. The SMILES string of the molecule is CC(C)CC(=O)Nc1ccc(NCC(=O)Nc2ccccc2)cc1. The highest BCUT2D eigenvalue weighted by atomic mass is 16.2. The Labute approximate surface area is 142 Å². The van der Waals surface area contributed by atoms with E-state index in [1.807, 2.05) is 68.4 Å². The molecular formula is C19H23N3O2. The van der Waals surface area contributed by atoms with Crippen LogP contribution in [0.25, 0.3) is 0 Å². The molecule has 0 radical (unpaired) electrons. The first-order valence-electron chi connectivity index (χ1n) is 8.01. The second-order valence-corrected chi connectivity index (χ2v) is 5.99. The second-order valence-electron chi connectivity index (χ2n) is 5.99. The highest BCUT2D eigenvalue weighted by Crippen LogP contribution is 2.14. The van der Waals surface area contributed by atoms with Crippen LogP contribution >= 0.6 is 0 Å². The van der Waals surface area contributed by atoms with Crippen LogP contribution in [0.4, 0.5) is 17.1 Å². The number of carbonyl (C=O) groups excluding carboxylic acids is 2. The lowest BCUT2D eigenvalue weighted by Crippen LogP contribution is -2.21. The maximum absolute atomic E-state index is 11.9. The van der Waals surface area contributed by atoms with Crippen LogP contribution in [0.15, 0.2) is 54.6 Å². The van der Waals surface area contributed by atoms with Gasteiger partial charge in [0, 0.05) is 23.5 Å². The summed E-state index contributed by atoms with van der Waals surface area (Å²) in [5.74, 6) is 0.220. The Kier molecular flexibility index (Phi) is 6.37. The van der Waals surface area contributed by atoms with Crippen molar-refractivity contribution in [2.24, 2.45) is 5.92 Å². The van der Waals surface area contributed by atoms with E-state index in [-0.39, 0.29) is 18.4 Å². The third-order valence-corrected chi connectivity index (χ3v) is 3.27. The molecule has 3 N–H and O–H groups in total. The summed E-state index contributed by atoms with van der Waals surface area (Å²) in [7, 11) is 0. The molecule has 5 nitrogen and oxygen atoms in total. The third kappa shape index (κ3) is 6.12. The first-order valence-corrected chi connectivity index (χ1v) is 8.01. The molecule has 0 aliphatic carbocycles. The van der Waals surface area contributed by atoms with Crippen LogP contribution in [0.5, 0.6) is 0 Å². The van der Waals surface area contributed by atoms with E-state index in [1.165, 1.54) is 0 Å². The van der Waals surface area contributed by atoms with Crippen molar-refractivity contribution in [2.75, 3.05) is 22.5 Å². The van der Waals surface area contributed by atoms with E-state index < -0.39 is 0 Å². The number of rotatable bonds is 7. The number of para-hydroxylation sites is 1. The van der Waals surface area contributed by atoms with Gasteiger partial charge in [-0.1, -0.05) is 32.0 Å². The molecule has 2 amide bonds. The fourth-order valence-corrected chi connectivity index (χ4v) is 2.16. The van der Waals surface area contributed by atoms with E-state index in [1.54, 1.807) is 0 Å². The molecule has 0 bridgehead atoms. The fraction of sp³-hybridized carbons (Fsp3) is 0.263. The summed E-state index contributed by atoms with van der Waals surface area (Å²) in [6, 6.07) is 16.6. The number of nitrogens with one attached hydrogen (secondary N) is 3. The lowest BCUT2D eigenvalue weighted by molar-refractivity contribution is -0.117. The second kappa shape index (κ2) is 8.72. The van der Waals surface area contributed by atoms with Crippen molar-refractivity contribution in [3.8, 4) is 0 Å². The average Bonchev–Trinajstić information content (AvgIpc) is 2.54. The van der Waals surface area contributed by atoms with Gasteiger partial charge in [-0.3, -0.25) is 9.59 Å². The van der Waals surface area contributed by atoms with Crippen LogP contribution in [-0.4, -0.2) is 18.4 Å². The van der Waals surface area contributed by atoms with Crippen molar-refractivity contribution in [3.63, 3.8) is 0 Å². The van der Waals surface area contributed by atoms with Gasteiger partial charge in [-0.25, -0.2) is 0 Å². The number of anilines is 3. The molecule has 0 heterocycles. The topological polar surface area (TPSA) is 70.2 Å². The molecule has 0 aliphatic heterocycles. The maximum Gasteiger partial charge on any atom is 0.243 e. The molecule has 2 aromatic carbocycles. The van der Waals surface area contributed by atoms with Crippen molar-refractivity contribution in [1.82, 2.24) is 0 Å². The molecule has 2 aromatic rings. The Bertz CT molecular complexity index is 667. The van der Waals surface area contributed by atoms with E-state index in [0.29, 0.717) is 12.3 Å². The van der Waals surface area contributed by atoms with E-state index >= 15 is 0 Å². The summed E-state index contributed by atoms with van der Waals surface area (Å²) in [6.45, 7) is 4.19. The Morgan fingerprint density at radius 3 is 1.96 bits per heavy atom. The molecule has 2 rings (SSSR count). The standard InChI is InChI=1S/C19H23N3O2/c1-14(2)12-18(23)21-17-10-8-15(9-11-17)20-13-19(24)22-16-6-4-3-5-7-16/h3-11,14,20H,12-13H2,1-2H3,(H,21,23)(H,22,24). The van der Waals surface area contributed by atoms with Gasteiger partial charge in [0.15, 0.2) is 0 Å². The molecule has 0 aliphatic rings. The Morgan fingerprint density at radius 1 is 0.792 bits per heavy atom. The van der Waals surface area contributed by atoms with E-state index in [2.05, 4.69) is 16.0 Å². The van der Waals surface area contributed by atoms with Crippen LogP contribution in [0.2, 0.25) is 0 Å². The molecule has 0 saturated carbocycles. The first kappa shape index (κ1) is 17.5. The third-order valence-electron chi connectivity index (χ3n) is 3.27. The van der Waals surface area contributed by atoms with Gasteiger partial charge in [0.2, 0.25) is 11.8 Å². The summed E-state index contributed by atoms with van der Waals surface area (Å²) in [5.41, 5.74) is 2.34. The zero-order valence-electron chi connectivity index (χ0n) is 14.0. The molecule has 0 atom stereocenters. The van der Waals surface area contributed by atoms with Crippen LogP contribution in [0.3, 0.4) is 0 Å². The van der Waals surface area contributed by atoms with Crippen molar-refractivity contribution in [1.29, 1.82) is 0 Å². The van der Waals surface area contributed by atoms with Gasteiger partial charge in [-0.05, 0) is 42.3 Å². The first-order chi connectivity index (χ1) is 11.5. The van der Waals surface area contributed by atoms with Crippen LogP contribution in [0, 0.1) is 5.92 Å². The monoisotopic (exact) mass is 325 g/mol. The lowest BCUT2D eigenvalue weighted by atomic mass is 10.1. The van der Waals surface area contributed by atoms with Gasteiger partial charge in [-0.15, -0.1) is 0 Å². The van der Waals surface area contributed by atoms with Crippen molar-refractivity contribution in [3.05, 3.63) is 54.6 Å². The molecule has 0 aromatic heterocycles. The van der Waals surface area contributed by atoms with Crippen LogP contribution < -0.4 is 16.0 Å². The highest BCUT2D eigenvalue weighted by Gasteiger charge is 2.05. The van der Waals surface area contributed by atoms with E-state index in [4.69, 9.17) is 0 Å². The van der Waals surface area contributed by atoms with E-state index in [9.17, 15) is 9.59 Å². The van der Waals surface area contributed by atoms with Gasteiger partial charge in [0.25, 0.3) is 0 Å². The molecule has 0 saturated heterocycles. The van der Waals surface area contributed by atoms with Gasteiger partial charge in [0.1, 0.15) is 0 Å². The number of amides is 2. The highest BCUT2D eigenvalue weighted by molar-refractivity contribution is 5.94. The van der Waals surface area contributed by atoms with Crippen LogP contribution in [0.1, 0.15) is 20.3 Å². The summed E-state index contributed by atoms with van der Waals surface area (Å²) >= 11 is 0. The predicted molar refractivity (Wildman–Crippen MR) is 98.1 cm³/mol. The summed E-state index contributed by atoms with van der Waals surface area (Å²) < 4.78 is 0. The minimum Gasteiger partial charge on any atom is -0.376 e. The molecule has 126 valence electrons. The smallest absolute Gasteiger partial charge is 0.243 e. The Balaban J connectivity index is 1.79. The summed E-state index contributed by atoms with van der Waals surface area (Å²) in [6.07, 6.45) is 0.500. The zero-order valence-corrected chi connectivity index (χ0v) is 14.0. The predicted octanol–water partition coefficient (Wildman–Crippen LogP) is 3.72. The van der Waals surface area contributed by atoms with Crippen LogP contribution in [-0.2, 0) is 9.59 Å². The quantitative estimate of drug-likeness (QED) is 0.726. The minimum absolute atomic E-state index is 0.00736. The van der Waals surface area contributed by atoms with Gasteiger partial charge < -0.3 is 16.0 Å². The normalized spacial score (nSPS) is 10.3. The molecule has 5 heteroatoms. The molecule has 0 fully saturated rings. The van der Waals surface area contributed by atoms with Gasteiger partial charge >= 0.3 is 0 Å². The largest absolute Gasteiger partial charge is 0.376 e. The molecule has 0 unspecified atom stereocenters. The van der Waals surface area contributed by atoms with Gasteiger partial charge in [0.05, 0.1) is 6.54 Å². The lowest BCUT2D eigenvalue weighted by Gasteiger charge is -2.10. The zero-order chi connectivity index (χ0) is 17.4. The number of hydrogen-bond donors (Lipinski definition) is 3. The summed E-state index contributed by atoms with van der Waals surface area (Å²) in [5, 5.41) is 8.71. The van der Waals surface area contributed by atoms with Crippen molar-refractivity contribution in [2.45, 2.75) is 20.3 Å². The maximum atomic E-state index is 11.9. The molecular weight excluding hydrogens is 302 g/mol. The van der Waals surface area contributed by atoms with Crippen molar-refractivity contribution >= 4 is 28.9 Å². The summed E-state index contributed by atoms with van der Waals surface area (Å²) in [4.78, 5) is 23.6. The molecule has 0 spiro atoms. The van der Waals surface area contributed by atoms with E-state index in [0.717, 1.165) is 17.1 Å². The number of carbonyl (C=O) groups is 2. The number of benzene rings is 2. The number of hydrogen-bond acceptors (Lipinski definition) is 3.